The van der Waals surface area contributed by atoms with Crippen molar-refractivity contribution in [1.29, 1.82) is 0 Å². The van der Waals surface area contributed by atoms with Gasteiger partial charge in [-0.15, -0.1) is 0 Å². The predicted molar refractivity (Wildman–Crippen MR) is 108 cm³/mol. The van der Waals surface area contributed by atoms with Crippen LogP contribution in [0.3, 0.4) is 0 Å². The molecule has 2 aliphatic rings. The van der Waals surface area contributed by atoms with E-state index in [9.17, 15) is 4.79 Å². The number of likely N-dealkylation sites (tertiary alicyclic amines) is 1. The number of fused-ring (bicyclic) bond motifs is 1. The number of hydrogen-bond donors (Lipinski definition) is 2. The number of hydrogen-bond acceptors (Lipinski definition) is 4. The van der Waals surface area contributed by atoms with Crippen molar-refractivity contribution in [3.63, 3.8) is 0 Å². The van der Waals surface area contributed by atoms with E-state index in [4.69, 9.17) is 0 Å². The third-order valence-corrected chi connectivity index (χ3v) is 5.94. The van der Waals surface area contributed by atoms with Crippen LogP contribution >= 0.6 is 0 Å². The minimum absolute atomic E-state index is 0.157. The van der Waals surface area contributed by atoms with Crippen molar-refractivity contribution in [1.82, 2.24) is 15.2 Å². The minimum atomic E-state index is -0.166. The maximum atomic E-state index is 12.5. The normalized spacial score (nSPS) is 20.0. The molecular weight excluding hydrogens is 336 g/mol. The standard InChI is InChI=1S/C22H28N4O/c1-17-5-4-11-23-20(17)16-26-13-9-22(10-14-26)15-21(27)24-12-8-18-6-2-3-7-19(18)25-22/h2-7,11,25H,8-10,12-16H2,1H3,(H,24,27). The molecule has 4 rings (SSSR count). The zero-order valence-electron chi connectivity index (χ0n) is 16.0. The number of aromatic nitrogens is 1. The number of pyridine rings is 1. The van der Waals surface area contributed by atoms with Gasteiger partial charge in [0.15, 0.2) is 0 Å². The van der Waals surface area contributed by atoms with Crippen LogP contribution in [-0.2, 0) is 17.8 Å². The van der Waals surface area contributed by atoms with Gasteiger partial charge in [-0.25, -0.2) is 0 Å². The van der Waals surface area contributed by atoms with Crippen molar-refractivity contribution in [2.24, 2.45) is 0 Å². The summed E-state index contributed by atoms with van der Waals surface area (Å²) in [4.78, 5) is 19.4. The first kappa shape index (κ1) is 18.0. The molecule has 0 atom stereocenters. The van der Waals surface area contributed by atoms with Crippen molar-refractivity contribution in [2.45, 2.75) is 44.7 Å². The minimum Gasteiger partial charge on any atom is -0.379 e. The first-order chi connectivity index (χ1) is 13.1. The molecular formula is C22H28N4O. The Labute approximate surface area is 161 Å². The Bertz CT molecular complexity index is 811. The van der Waals surface area contributed by atoms with Gasteiger partial charge in [-0.1, -0.05) is 24.3 Å². The number of carbonyl (C=O) groups is 1. The summed E-state index contributed by atoms with van der Waals surface area (Å²) in [6.07, 6.45) is 5.20. The summed E-state index contributed by atoms with van der Waals surface area (Å²) >= 11 is 0. The van der Waals surface area contributed by atoms with E-state index in [-0.39, 0.29) is 11.4 Å². The van der Waals surface area contributed by atoms with Gasteiger partial charge in [0.05, 0.1) is 5.69 Å². The number of para-hydroxylation sites is 1. The smallest absolute Gasteiger partial charge is 0.222 e. The second-order valence-corrected chi connectivity index (χ2v) is 7.88. The van der Waals surface area contributed by atoms with Crippen LogP contribution in [0, 0.1) is 6.92 Å². The van der Waals surface area contributed by atoms with E-state index in [2.05, 4.69) is 57.8 Å². The lowest BCUT2D eigenvalue weighted by Gasteiger charge is -2.43. The lowest BCUT2D eigenvalue weighted by molar-refractivity contribution is -0.122. The van der Waals surface area contributed by atoms with Gasteiger partial charge in [0, 0.05) is 50.0 Å². The van der Waals surface area contributed by atoms with E-state index in [1.165, 1.54) is 16.8 Å². The molecule has 2 aliphatic heterocycles. The van der Waals surface area contributed by atoms with E-state index in [0.717, 1.165) is 44.6 Å². The maximum absolute atomic E-state index is 12.5. The largest absolute Gasteiger partial charge is 0.379 e. The zero-order chi connectivity index (χ0) is 18.7. The summed E-state index contributed by atoms with van der Waals surface area (Å²) in [5.74, 6) is 0.157. The number of amides is 1. The molecule has 0 saturated carbocycles. The first-order valence-corrected chi connectivity index (χ1v) is 9.89. The van der Waals surface area contributed by atoms with Crippen LogP contribution in [0.2, 0.25) is 0 Å². The molecule has 1 spiro atoms. The second-order valence-electron chi connectivity index (χ2n) is 7.88. The van der Waals surface area contributed by atoms with Crippen LogP contribution in [0.25, 0.3) is 0 Å². The molecule has 0 radical (unpaired) electrons. The lowest BCUT2D eigenvalue weighted by Crippen LogP contribution is -2.51. The number of aryl methyl sites for hydroxylation is 1. The van der Waals surface area contributed by atoms with E-state index in [0.29, 0.717) is 13.0 Å². The van der Waals surface area contributed by atoms with Gasteiger partial charge in [-0.2, -0.15) is 0 Å². The zero-order valence-corrected chi connectivity index (χ0v) is 16.0. The molecule has 3 heterocycles. The summed E-state index contributed by atoms with van der Waals surface area (Å²) in [5.41, 5.74) is 4.69. The molecule has 0 unspecified atom stereocenters. The molecule has 1 aromatic carbocycles. The lowest BCUT2D eigenvalue weighted by atomic mass is 9.83. The fourth-order valence-corrected chi connectivity index (χ4v) is 4.23. The number of carbonyl (C=O) groups excluding carboxylic acids is 1. The molecule has 1 fully saturated rings. The van der Waals surface area contributed by atoms with Gasteiger partial charge in [0.2, 0.25) is 5.91 Å². The van der Waals surface area contributed by atoms with E-state index in [1.54, 1.807) is 0 Å². The number of benzene rings is 1. The van der Waals surface area contributed by atoms with Crippen LogP contribution in [0.1, 0.15) is 36.1 Å². The van der Waals surface area contributed by atoms with Crippen molar-refractivity contribution < 1.29 is 4.79 Å². The fourth-order valence-electron chi connectivity index (χ4n) is 4.23. The fraction of sp³-hybridized carbons (Fsp3) is 0.455. The molecule has 5 nitrogen and oxygen atoms in total. The molecule has 27 heavy (non-hydrogen) atoms. The molecule has 2 N–H and O–H groups in total. The molecule has 5 heteroatoms. The van der Waals surface area contributed by atoms with Crippen LogP contribution in [0.5, 0.6) is 0 Å². The first-order valence-electron chi connectivity index (χ1n) is 9.89. The number of nitrogens with one attached hydrogen (secondary N) is 2. The van der Waals surface area contributed by atoms with Gasteiger partial charge in [0.25, 0.3) is 0 Å². The van der Waals surface area contributed by atoms with E-state index < -0.39 is 0 Å². The molecule has 0 aliphatic carbocycles. The number of nitrogens with zero attached hydrogens (tertiary/aromatic N) is 2. The van der Waals surface area contributed by atoms with Crippen LogP contribution in [0.15, 0.2) is 42.6 Å². The average Bonchev–Trinajstić information content (AvgIpc) is 2.73. The average molecular weight is 364 g/mol. The maximum Gasteiger partial charge on any atom is 0.222 e. The summed E-state index contributed by atoms with van der Waals surface area (Å²) in [6.45, 7) is 5.65. The summed E-state index contributed by atoms with van der Waals surface area (Å²) in [7, 11) is 0. The molecule has 1 amide bonds. The molecule has 1 saturated heterocycles. The monoisotopic (exact) mass is 364 g/mol. The Morgan fingerprint density at radius 1 is 1.15 bits per heavy atom. The van der Waals surface area contributed by atoms with Gasteiger partial charge in [-0.3, -0.25) is 14.7 Å². The van der Waals surface area contributed by atoms with Crippen molar-refractivity contribution in [3.8, 4) is 0 Å². The molecule has 2 aromatic rings. The summed E-state index contributed by atoms with van der Waals surface area (Å²) < 4.78 is 0. The number of piperidine rings is 1. The highest BCUT2D eigenvalue weighted by molar-refractivity contribution is 5.78. The van der Waals surface area contributed by atoms with Crippen molar-refractivity contribution in [3.05, 3.63) is 59.4 Å². The Kier molecular flexibility index (Phi) is 5.12. The Morgan fingerprint density at radius 3 is 2.78 bits per heavy atom. The highest BCUT2D eigenvalue weighted by Gasteiger charge is 2.37. The Morgan fingerprint density at radius 2 is 1.96 bits per heavy atom. The summed E-state index contributed by atoms with van der Waals surface area (Å²) in [6, 6.07) is 12.6. The van der Waals surface area contributed by atoms with Crippen molar-refractivity contribution in [2.75, 3.05) is 25.0 Å². The highest BCUT2D eigenvalue weighted by atomic mass is 16.1. The topological polar surface area (TPSA) is 57.3 Å². The van der Waals surface area contributed by atoms with E-state index >= 15 is 0 Å². The Balaban J connectivity index is 1.49. The molecule has 0 bridgehead atoms. The summed E-state index contributed by atoms with van der Waals surface area (Å²) in [5, 5.41) is 6.87. The van der Waals surface area contributed by atoms with Gasteiger partial charge >= 0.3 is 0 Å². The SMILES string of the molecule is Cc1cccnc1CN1CCC2(CC1)CC(=O)NCCc1ccccc1N2. The second kappa shape index (κ2) is 7.69. The Hall–Kier alpha value is -2.40. The third-order valence-electron chi connectivity index (χ3n) is 5.94. The highest BCUT2D eigenvalue weighted by Crippen LogP contribution is 2.33. The van der Waals surface area contributed by atoms with Gasteiger partial charge in [0.1, 0.15) is 0 Å². The van der Waals surface area contributed by atoms with Gasteiger partial charge in [-0.05, 0) is 49.4 Å². The van der Waals surface area contributed by atoms with E-state index in [1.807, 2.05) is 12.3 Å². The molecule has 1 aromatic heterocycles. The number of anilines is 1. The van der Waals surface area contributed by atoms with Crippen LogP contribution < -0.4 is 10.6 Å². The van der Waals surface area contributed by atoms with Gasteiger partial charge < -0.3 is 10.6 Å². The predicted octanol–water partition coefficient (Wildman–Crippen LogP) is 2.90. The quantitative estimate of drug-likeness (QED) is 0.860. The number of rotatable bonds is 2. The van der Waals surface area contributed by atoms with Crippen molar-refractivity contribution >= 4 is 11.6 Å². The third kappa shape index (κ3) is 4.14. The molecule has 142 valence electrons. The van der Waals surface area contributed by atoms with Crippen LogP contribution in [0.4, 0.5) is 5.69 Å². The van der Waals surface area contributed by atoms with Crippen LogP contribution in [-0.4, -0.2) is 41.0 Å².